The van der Waals surface area contributed by atoms with Crippen LogP contribution in [0, 0.1) is 0 Å². The zero-order valence-corrected chi connectivity index (χ0v) is 17.0. The monoisotopic (exact) mass is 402 g/mol. The predicted molar refractivity (Wildman–Crippen MR) is 117 cm³/mol. The summed E-state index contributed by atoms with van der Waals surface area (Å²) in [5.41, 5.74) is 1.94. The number of ether oxygens (including phenoxy) is 1. The van der Waals surface area contributed by atoms with Gasteiger partial charge in [0.25, 0.3) is 5.91 Å². The highest BCUT2D eigenvalue weighted by Crippen LogP contribution is 2.16. The highest BCUT2D eigenvalue weighted by atomic mass is 16.5. The molecule has 30 heavy (non-hydrogen) atoms. The molecule has 0 aromatic heterocycles. The van der Waals surface area contributed by atoms with E-state index in [1.807, 2.05) is 78.9 Å². The molecule has 0 unspecified atom stereocenters. The Morgan fingerprint density at radius 1 is 0.833 bits per heavy atom. The summed E-state index contributed by atoms with van der Waals surface area (Å²) >= 11 is 0. The van der Waals surface area contributed by atoms with Gasteiger partial charge in [-0.3, -0.25) is 9.59 Å². The van der Waals surface area contributed by atoms with Gasteiger partial charge in [0.05, 0.1) is 0 Å². The van der Waals surface area contributed by atoms with E-state index >= 15 is 0 Å². The van der Waals surface area contributed by atoms with Crippen molar-refractivity contribution < 1.29 is 14.3 Å². The lowest BCUT2D eigenvalue weighted by atomic mass is 10.0. The second kappa shape index (κ2) is 10.8. The van der Waals surface area contributed by atoms with Gasteiger partial charge in [-0.25, -0.2) is 0 Å². The van der Waals surface area contributed by atoms with Crippen molar-refractivity contribution in [3.63, 3.8) is 0 Å². The van der Waals surface area contributed by atoms with Crippen LogP contribution >= 0.6 is 0 Å². The third-order valence-corrected chi connectivity index (χ3v) is 4.82. The molecule has 0 aliphatic heterocycles. The van der Waals surface area contributed by atoms with Crippen molar-refractivity contribution in [3.8, 4) is 5.75 Å². The third-order valence-electron chi connectivity index (χ3n) is 4.82. The molecule has 0 bridgehead atoms. The van der Waals surface area contributed by atoms with Crippen LogP contribution in [0.5, 0.6) is 5.75 Å². The van der Waals surface area contributed by atoms with E-state index in [1.54, 1.807) is 24.1 Å². The molecule has 1 atom stereocenters. The van der Waals surface area contributed by atoms with Gasteiger partial charge in [0.15, 0.2) is 6.61 Å². The lowest BCUT2D eigenvalue weighted by Gasteiger charge is -2.31. The normalized spacial score (nSPS) is 11.4. The summed E-state index contributed by atoms with van der Waals surface area (Å²) in [6.45, 7) is 0.182. The van der Waals surface area contributed by atoms with Gasteiger partial charge in [0.1, 0.15) is 11.8 Å². The average Bonchev–Trinajstić information content (AvgIpc) is 2.81. The molecule has 0 saturated heterocycles. The number of benzene rings is 3. The molecule has 3 aromatic rings. The quantitative estimate of drug-likeness (QED) is 0.596. The van der Waals surface area contributed by atoms with Gasteiger partial charge in [0.2, 0.25) is 5.91 Å². The van der Waals surface area contributed by atoms with Crippen molar-refractivity contribution >= 4 is 11.8 Å². The van der Waals surface area contributed by atoms with Crippen molar-refractivity contribution in [2.45, 2.75) is 19.0 Å². The van der Waals surface area contributed by atoms with E-state index in [0.717, 1.165) is 11.1 Å². The topological polar surface area (TPSA) is 58.6 Å². The van der Waals surface area contributed by atoms with Crippen LogP contribution in [0.15, 0.2) is 91.0 Å². The van der Waals surface area contributed by atoms with Crippen molar-refractivity contribution in [1.29, 1.82) is 0 Å². The number of amides is 2. The fourth-order valence-electron chi connectivity index (χ4n) is 3.25. The van der Waals surface area contributed by atoms with Gasteiger partial charge in [-0.2, -0.15) is 0 Å². The van der Waals surface area contributed by atoms with Crippen LogP contribution in [-0.4, -0.2) is 36.4 Å². The molecule has 2 amide bonds. The first-order valence-electron chi connectivity index (χ1n) is 9.94. The van der Waals surface area contributed by atoms with E-state index in [9.17, 15) is 9.59 Å². The summed E-state index contributed by atoms with van der Waals surface area (Å²) < 4.78 is 5.68. The Bertz CT molecular complexity index is 930. The molecule has 5 nitrogen and oxygen atoms in total. The highest BCUT2D eigenvalue weighted by molar-refractivity contribution is 5.88. The van der Waals surface area contributed by atoms with Gasteiger partial charge in [-0.05, 0) is 23.3 Å². The van der Waals surface area contributed by atoms with E-state index in [2.05, 4.69) is 5.32 Å². The Hall–Kier alpha value is -3.60. The molecule has 0 aliphatic carbocycles. The fraction of sp³-hybridized carbons (Fsp3) is 0.200. The Labute approximate surface area is 177 Å². The molecule has 0 radical (unpaired) electrons. The number of para-hydroxylation sites is 1. The van der Waals surface area contributed by atoms with Gasteiger partial charge in [-0.15, -0.1) is 0 Å². The Kier molecular flexibility index (Phi) is 7.61. The van der Waals surface area contributed by atoms with Crippen LogP contribution < -0.4 is 10.1 Å². The lowest BCUT2D eigenvalue weighted by molar-refractivity contribution is -0.142. The van der Waals surface area contributed by atoms with Crippen molar-refractivity contribution in [2.75, 3.05) is 13.7 Å². The Morgan fingerprint density at radius 3 is 1.93 bits per heavy atom. The molecule has 0 heterocycles. The summed E-state index contributed by atoms with van der Waals surface area (Å²) in [5.74, 6) is 0.167. The SMILES string of the molecule is CNC(=O)[C@H](Cc1ccccc1)N(Cc1ccccc1)C(=O)COc1ccccc1. The maximum atomic E-state index is 13.2. The number of hydrogen-bond acceptors (Lipinski definition) is 3. The van der Waals surface area contributed by atoms with Gasteiger partial charge in [-0.1, -0.05) is 78.9 Å². The van der Waals surface area contributed by atoms with Crippen LogP contribution in [-0.2, 0) is 22.6 Å². The minimum atomic E-state index is -0.649. The van der Waals surface area contributed by atoms with Crippen molar-refractivity contribution in [2.24, 2.45) is 0 Å². The molecule has 1 N–H and O–H groups in total. The summed E-state index contributed by atoms with van der Waals surface area (Å²) in [4.78, 5) is 27.6. The molecular weight excluding hydrogens is 376 g/mol. The first kappa shape index (κ1) is 21.1. The molecule has 0 saturated carbocycles. The first-order valence-corrected chi connectivity index (χ1v) is 9.94. The predicted octanol–water partition coefficient (Wildman–Crippen LogP) is 3.45. The number of hydrogen-bond donors (Lipinski definition) is 1. The standard InChI is InChI=1S/C25H26N2O3/c1-26-25(29)23(17-20-11-5-2-6-12-20)27(18-21-13-7-3-8-14-21)24(28)19-30-22-15-9-4-10-16-22/h2-16,23H,17-19H2,1H3,(H,26,29)/t23-/m0/s1. The molecule has 3 aromatic carbocycles. The number of nitrogens with zero attached hydrogens (tertiary/aromatic N) is 1. The molecule has 0 spiro atoms. The molecule has 0 aliphatic rings. The summed E-state index contributed by atoms with van der Waals surface area (Å²) in [7, 11) is 1.59. The van der Waals surface area contributed by atoms with Gasteiger partial charge in [0, 0.05) is 20.0 Å². The van der Waals surface area contributed by atoms with Crippen LogP contribution in [0.1, 0.15) is 11.1 Å². The number of carbonyl (C=O) groups excluding carboxylic acids is 2. The maximum Gasteiger partial charge on any atom is 0.261 e. The van der Waals surface area contributed by atoms with Crippen LogP contribution in [0.2, 0.25) is 0 Å². The van der Waals surface area contributed by atoms with Crippen LogP contribution in [0.25, 0.3) is 0 Å². The van der Waals surface area contributed by atoms with Gasteiger partial charge < -0.3 is 15.0 Å². The second-order valence-corrected chi connectivity index (χ2v) is 6.93. The molecule has 0 fully saturated rings. The second-order valence-electron chi connectivity index (χ2n) is 6.93. The van der Waals surface area contributed by atoms with E-state index < -0.39 is 6.04 Å². The number of nitrogens with one attached hydrogen (secondary N) is 1. The zero-order chi connectivity index (χ0) is 21.2. The van der Waals surface area contributed by atoms with E-state index in [0.29, 0.717) is 18.7 Å². The first-order chi connectivity index (χ1) is 14.7. The largest absolute Gasteiger partial charge is 0.484 e. The smallest absolute Gasteiger partial charge is 0.261 e. The number of carbonyl (C=O) groups is 2. The maximum absolute atomic E-state index is 13.2. The summed E-state index contributed by atoms with van der Waals surface area (Å²) in [6.07, 6.45) is 0.421. The van der Waals surface area contributed by atoms with Crippen molar-refractivity contribution in [1.82, 2.24) is 10.2 Å². The van der Waals surface area contributed by atoms with Crippen LogP contribution in [0.4, 0.5) is 0 Å². The summed E-state index contributed by atoms with van der Waals surface area (Å²) in [6, 6.07) is 27.9. The van der Waals surface area contributed by atoms with E-state index in [-0.39, 0.29) is 18.4 Å². The number of rotatable bonds is 9. The van der Waals surface area contributed by atoms with Crippen LogP contribution in [0.3, 0.4) is 0 Å². The zero-order valence-electron chi connectivity index (χ0n) is 17.0. The molecular formula is C25H26N2O3. The molecule has 5 heteroatoms. The highest BCUT2D eigenvalue weighted by Gasteiger charge is 2.30. The Morgan fingerprint density at radius 2 is 1.37 bits per heavy atom. The van der Waals surface area contributed by atoms with E-state index in [4.69, 9.17) is 4.74 Å². The summed E-state index contributed by atoms with van der Waals surface area (Å²) in [5, 5.41) is 2.71. The fourth-order valence-corrected chi connectivity index (χ4v) is 3.25. The lowest BCUT2D eigenvalue weighted by Crippen LogP contribution is -2.51. The van der Waals surface area contributed by atoms with E-state index in [1.165, 1.54) is 0 Å². The van der Waals surface area contributed by atoms with Crippen molar-refractivity contribution in [3.05, 3.63) is 102 Å². The minimum Gasteiger partial charge on any atom is -0.484 e. The van der Waals surface area contributed by atoms with Gasteiger partial charge >= 0.3 is 0 Å². The average molecular weight is 402 g/mol. The number of likely N-dealkylation sites (N-methyl/N-ethyl adjacent to an activating group) is 1. The minimum absolute atomic E-state index is 0.140. The molecule has 3 rings (SSSR count). The third kappa shape index (κ3) is 5.95. The Balaban J connectivity index is 1.84. The molecule has 154 valence electrons.